The first-order chi connectivity index (χ1) is 31.9. The van der Waals surface area contributed by atoms with Crippen LogP contribution in [0.5, 0.6) is 23.0 Å². The van der Waals surface area contributed by atoms with Crippen LogP contribution < -0.4 is 9.47 Å². The molecule has 4 aromatic rings. The van der Waals surface area contributed by atoms with Crippen LogP contribution in [0, 0.1) is 0 Å². The molecule has 0 fully saturated rings. The van der Waals surface area contributed by atoms with E-state index in [0.29, 0.717) is 64.8 Å². The second-order valence-corrected chi connectivity index (χ2v) is 16.7. The molecule has 2 N–H and O–H groups in total. The summed E-state index contributed by atoms with van der Waals surface area (Å²) in [4.78, 5) is 34.1. The minimum atomic E-state index is -0.494. The predicted molar refractivity (Wildman–Crippen MR) is 263 cm³/mol. The lowest BCUT2D eigenvalue weighted by molar-refractivity contribution is 0.0396. The van der Waals surface area contributed by atoms with Crippen molar-refractivity contribution in [3.8, 4) is 23.0 Å². The number of esters is 2. The molecule has 10 heteroatoms. The molecule has 0 aromatic heterocycles. The van der Waals surface area contributed by atoms with Crippen molar-refractivity contribution < 1.29 is 38.7 Å². The molecule has 352 valence electrons. The zero-order chi connectivity index (χ0) is 46.2. The van der Waals surface area contributed by atoms with E-state index in [2.05, 4.69) is 23.8 Å². The molecular weight excluding hydrogens is 817 g/mol. The van der Waals surface area contributed by atoms with E-state index in [-0.39, 0.29) is 24.7 Å². The molecule has 0 aliphatic heterocycles. The molecule has 0 radical (unpaired) electrons. The first-order valence-electron chi connectivity index (χ1n) is 24.4. The van der Waals surface area contributed by atoms with Gasteiger partial charge in [0.05, 0.1) is 48.9 Å². The average Bonchev–Trinajstić information content (AvgIpc) is 3.32. The number of carbonyl (C=O) groups is 2. The Morgan fingerprint density at radius 2 is 0.769 bits per heavy atom. The quantitative estimate of drug-likeness (QED) is 0.0269. The Morgan fingerprint density at radius 1 is 0.431 bits per heavy atom. The van der Waals surface area contributed by atoms with Crippen molar-refractivity contribution in [3.63, 3.8) is 0 Å². The molecule has 4 aromatic carbocycles. The summed E-state index contributed by atoms with van der Waals surface area (Å²) in [6, 6.07) is 23.7. The molecule has 0 unspecified atom stereocenters. The van der Waals surface area contributed by atoms with Crippen molar-refractivity contribution in [2.45, 2.75) is 149 Å². The van der Waals surface area contributed by atoms with E-state index in [1.165, 1.54) is 103 Å². The van der Waals surface area contributed by atoms with Crippen LogP contribution in [-0.2, 0) is 9.47 Å². The number of ether oxygens (including phenoxy) is 4. The van der Waals surface area contributed by atoms with Crippen molar-refractivity contribution in [1.82, 2.24) is 0 Å². The summed E-state index contributed by atoms with van der Waals surface area (Å²) in [5, 5.41) is 21.0. The van der Waals surface area contributed by atoms with Gasteiger partial charge >= 0.3 is 11.9 Å². The summed E-state index contributed by atoms with van der Waals surface area (Å²) in [5.74, 6) is 0.437. The van der Waals surface area contributed by atoms with E-state index >= 15 is 0 Å². The highest BCUT2D eigenvalue weighted by atomic mass is 16.5. The molecule has 0 aliphatic rings. The normalized spacial score (nSPS) is 11.4. The van der Waals surface area contributed by atoms with Gasteiger partial charge in [0.25, 0.3) is 0 Å². The van der Waals surface area contributed by atoms with E-state index in [0.717, 1.165) is 25.7 Å². The fraction of sp³-hybridized carbons (Fsp3) is 0.491. The van der Waals surface area contributed by atoms with Gasteiger partial charge in [-0.15, -0.1) is 0 Å². The second-order valence-electron chi connectivity index (χ2n) is 16.7. The maximum absolute atomic E-state index is 12.6. The molecule has 0 bridgehead atoms. The number of rotatable bonds is 34. The third-order valence-electron chi connectivity index (χ3n) is 11.2. The molecule has 0 saturated heterocycles. The van der Waals surface area contributed by atoms with Crippen LogP contribution in [0.15, 0.2) is 94.9 Å². The molecule has 0 amide bonds. The Balaban J connectivity index is 1.06. The number of unbranched alkanes of at least 4 members (excludes halogenated alkanes) is 18. The average molecular weight is 891 g/mol. The van der Waals surface area contributed by atoms with Crippen molar-refractivity contribution in [2.24, 2.45) is 9.98 Å². The van der Waals surface area contributed by atoms with Crippen LogP contribution in [-0.4, -0.2) is 61.0 Å². The summed E-state index contributed by atoms with van der Waals surface area (Å²) >= 11 is 0. The van der Waals surface area contributed by atoms with Gasteiger partial charge in [0.1, 0.15) is 23.0 Å². The summed E-state index contributed by atoms with van der Waals surface area (Å²) in [5.41, 5.74) is 3.07. The standard InChI is InChI=1S/C55H74N2O8/c1-3-5-7-9-11-13-15-17-19-21-36-62-50-34-28-46(52(58)40-50)42-56-48-30-24-44(25-31-48)54(60)64-38-23-39-65-55(61)45-26-32-49(33-27-45)57-43-47-29-35-51(41-53(47)59)63-37-22-20-18-16-14-12-10-8-6-4-2/h24-35,40-43,58-59H,3-23,36-39H2,1-2H3. The molecule has 0 spiro atoms. The zero-order valence-corrected chi connectivity index (χ0v) is 39.2. The Hall–Kier alpha value is -5.64. The lowest BCUT2D eigenvalue weighted by Gasteiger charge is -2.08. The number of aliphatic imine (C=N–C) groups is 2. The monoisotopic (exact) mass is 891 g/mol. The zero-order valence-electron chi connectivity index (χ0n) is 39.2. The van der Waals surface area contributed by atoms with Crippen LogP contribution in [0.25, 0.3) is 0 Å². The summed E-state index contributed by atoms with van der Waals surface area (Å²) in [6.45, 7) is 5.91. The highest BCUT2D eigenvalue weighted by Gasteiger charge is 2.10. The summed E-state index contributed by atoms with van der Waals surface area (Å²) < 4.78 is 22.4. The number of hydrogen-bond acceptors (Lipinski definition) is 10. The Bertz CT molecular complexity index is 1850. The molecule has 0 aliphatic carbocycles. The SMILES string of the molecule is CCCCCCCCCCCCOc1ccc(C=Nc2ccc(C(=O)OCCCOC(=O)c3ccc(N=Cc4ccc(OCCCCCCCCCCCC)cc4O)cc3)cc2)c(O)c1. The lowest BCUT2D eigenvalue weighted by Crippen LogP contribution is -2.11. The maximum Gasteiger partial charge on any atom is 0.338 e. The fourth-order valence-corrected chi connectivity index (χ4v) is 7.21. The smallest absolute Gasteiger partial charge is 0.338 e. The van der Waals surface area contributed by atoms with Gasteiger partial charge in [0.2, 0.25) is 0 Å². The van der Waals surface area contributed by atoms with Gasteiger partial charge in [-0.2, -0.15) is 0 Å². The summed E-state index contributed by atoms with van der Waals surface area (Å²) in [6.07, 6.45) is 28.8. The van der Waals surface area contributed by atoms with E-state index in [1.54, 1.807) is 85.2 Å². The Morgan fingerprint density at radius 3 is 1.11 bits per heavy atom. The van der Waals surface area contributed by atoms with Crippen LogP contribution >= 0.6 is 0 Å². The van der Waals surface area contributed by atoms with E-state index < -0.39 is 11.9 Å². The van der Waals surface area contributed by atoms with E-state index in [4.69, 9.17) is 18.9 Å². The molecule has 10 nitrogen and oxygen atoms in total. The predicted octanol–water partition coefficient (Wildman–Crippen LogP) is 14.6. The molecular formula is C55H74N2O8. The number of hydrogen-bond donors (Lipinski definition) is 2. The summed E-state index contributed by atoms with van der Waals surface area (Å²) in [7, 11) is 0. The Kier molecular flexibility index (Phi) is 25.7. The van der Waals surface area contributed by atoms with Crippen molar-refractivity contribution in [3.05, 3.63) is 107 Å². The van der Waals surface area contributed by atoms with Gasteiger partial charge in [0.15, 0.2) is 0 Å². The van der Waals surface area contributed by atoms with Crippen LogP contribution in [0.2, 0.25) is 0 Å². The van der Waals surface area contributed by atoms with E-state index in [1.807, 2.05) is 12.1 Å². The lowest BCUT2D eigenvalue weighted by atomic mass is 10.1. The van der Waals surface area contributed by atoms with Gasteiger partial charge < -0.3 is 29.2 Å². The third-order valence-corrected chi connectivity index (χ3v) is 11.2. The number of aromatic hydroxyl groups is 2. The van der Waals surface area contributed by atoms with E-state index in [9.17, 15) is 19.8 Å². The van der Waals surface area contributed by atoms with Crippen molar-refractivity contribution >= 4 is 35.7 Å². The van der Waals surface area contributed by atoms with Gasteiger partial charge in [0, 0.05) is 42.1 Å². The Labute approximate surface area is 388 Å². The first-order valence-corrected chi connectivity index (χ1v) is 24.4. The molecule has 0 atom stereocenters. The third kappa shape index (κ3) is 21.7. The number of phenolic OH excluding ortho intramolecular Hbond substituents is 2. The highest BCUT2D eigenvalue weighted by molar-refractivity contribution is 5.91. The van der Waals surface area contributed by atoms with Gasteiger partial charge in [-0.25, -0.2) is 9.59 Å². The van der Waals surface area contributed by atoms with Gasteiger partial charge in [-0.1, -0.05) is 129 Å². The number of phenols is 2. The fourth-order valence-electron chi connectivity index (χ4n) is 7.21. The second kappa shape index (κ2) is 32.1. The van der Waals surface area contributed by atoms with Gasteiger partial charge in [-0.3, -0.25) is 9.98 Å². The molecule has 0 saturated carbocycles. The minimum absolute atomic E-state index is 0.0806. The van der Waals surface area contributed by atoms with Gasteiger partial charge in [-0.05, 0) is 85.6 Å². The largest absolute Gasteiger partial charge is 0.507 e. The number of carbonyl (C=O) groups excluding carboxylic acids is 2. The van der Waals surface area contributed by atoms with Crippen LogP contribution in [0.4, 0.5) is 11.4 Å². The molecule has 65 heavy (non-hydrogen) atoms. The minimum Gasteiger partial charge on any atom is -0.507 e. The molecule has 0 heterocycles. The first kappa shape index (κ1) is 52.0. The van der Waals surface area contributed by atoms with Crippen LogP contribution in [0.3, 0.4) is 0 Å². The van der Waals surface area contributed by atoms with Crippen LogP contribution in [0.1, 0.15) is 181 Å². The topological polar surface area (TPSA) is 136 Å². The highest BCUT2D eigenvalue weighted by Crippen LogP contribution is 2.26. The maximum atomic E-state index is 12.6. The number of benzene rings is 4. The van der Waals surface area contributed by atoms with Crippen molar-refractivity contribution in [2.75, 3.05) is 26.4 Å². The molecule has 4 rings (SSSR count). The number of nitrogens with zero attached hydrogens (tertiary/aromatic N) is 2. The van der Waals surface area contributed by atoms with Crippen molar-refractivity contribution in [1.29, 1.82) is 0 Å².